The maximum Gasteiger partial charge on any atom is 0.201 e. The summed E-state index contributed by atoms with van der Waals surface area (Å²) in [6.07, 6.45) is 0.901. The van der Waals surface area contributed by atoms with Crippen LogP contribution < -0.4 is 5.73 Å². The van der Waals surface area contributed by atoms with Crippen LogP contribution in [0.5, 0.6) is 0 Å². The molecule has 0 fully saturated rings. The van der Waals surface area contributed by atoms with Gasteiger partial charge in [-0.1, -0.05) is 11.6 Å². The third-order valence-electron chi connectivity index (χ3n) is 2.47. The van der Waals surface area contributed by atoms with E-state index in [1.807, 2.05) is 22.8 Å². The second kappa shape index (κ2) is 4.72. The first-order valence-electron chi connectivity index (χ1n) is 5.12. The monoisotopic (exact) mass is 239 g/mol. The summed E-state index contributed by atoms with van der Waals surface area (Å²) in [6.45, 7) is 1.50. The number of aromatic nitrogens is 2. The highest BCUT2D eigenvalue weighted by Crippen LogP contribution is 2.21. The lowest BCUT2D eigenvalue weighted by molar-refractivity contribution is 0.191. The molecule has 2 N–H and O–H groups in total. The fraction of sp³-hybridized carbons (Fsp3) is 0.364. The molecule has 1 aromatic heterocycles. The number of benzene rings is 1. The van der Waals surface area contributed by atoms with E-state index >= 15 is 0 Å². The maximum absolute atomic E-state index is 5.95. The Morgan fingerprint density at radius 3 is 3.06 bits per heavy atom. The second-order valence-electron chi connectivity index (χ2n) is 3.60. The van der Waals surface area contributed by atoms with E-state index in [9.17, 15) is 0 Å². The van der Waals surface area contributed by atoms with Gasteiger partial charge in [-0.05, 0) is 24.6 Å². The fourth-order valence-corrected chi connectivity index (χ4v) is 1.88. The lowest BCUT2D eigenvalue weighted by atomic mass is 10.3. The zero-order chi connectivity index (χ0) is 11.5. The average molecular weight is 240 g/mol. The van der Waals surface area contributed by atoms with E-state index in [0.29, 0.717) is 17.6 Å². The molecule has 2 rings (SSSR count). The highest BCUT2D eigenvalue weighted by molar-refractivity contribution is 6.31. The number of aryl methyl sites for hydroxylation is 1. The van der Waals surface area contributed by atoms with Crippen molar-refractivity contribution in [1.29, 1.82) is 0 Å². The number of nitrogens with zero attached hydrogens (tertiary/aromatic N) is 2. The van der Waals surface area contributed by atoms with Gasteiger partial charge < -0.3 is 15.0 Å². The number of rotatable bonds is 4. The molecule has 0 saturated heterocycles. The molecule has 0 aliphatic heterocycles. The number of fused-ring (bicyclic) bond motifs is 1. The highest BCUT2D eigenvalue weighted by atomic mass is 35.5. The molecule has 5 heteroatoms. The van der Waals surface area contributed by atoms with Crippen molar-refractivity contribution in [2.24, 2.45) is 0 Å². The van der Waals surface area contributed by atoms with Gasteiger partial charge in [0, 0.05) is 25.3 Å². The van der Waals surface area contributed by atoms with E-state index in [2.05, 4.69) is 4.98 Å². The van der Waals surface area contributed by atoms with Gasteiger partial charge in [-0.25, -0.2) is 4.98 Å². The molecule has 0 amide bonds. The van der Waals surface area contributed by atoms with Gasteiger partial charge in [-0.2, -0.15) is 0 Å². The van der Waals surface area contributed by atoms with Crippen molar-refractivity contribution in [1.82, 2.24) is 9.55 Å². The van der Waals surface area contributed by atoms with Gasteiger partial charge >= 0.3 is 0 Å². The Labute approximate surface area is 99.0 Å². The molecule has 0 spiro atoms. The Bertz CT molecular complexity index is 495. The summed E-state index contributed by atoms with van der Waals surface area (Å²) in [5.74, 6) is 0.522. The number of anilines is 1. The molecule has 0 aliphatic rings. The minimum absolute atomic E-state index is 0.522. The number of halogens is 1. The summed E-state index contributed by atoms with van der Waals surface area (Å²) in [7, 11) is 1.69. The summed E-state index contributed by atoms with van der Waals surface area (Å²) in [6, 6.07) is 5.57. The highest BCUT2D eigenvalue weighted by Gasteiger charge is 2.07. The van der Waals surface area contributed by atoms with Gasteiger partial charge in [0.05, 0.1) is 11.0 Å². The minimum Gasteiger partial charge on any atom is -0.385 e. The normalized spacial score (nSPS) is 11.1. The van der Waals surface area contributed by atoms with E-state index in [4.69, 9.17) is 22.1 Å². The summed E-state index contributed by atoms with van der Waals surface area (Å²) in [5.41, 5.74) is 7.70. The Morgan fingerprint density at radius 1 is 1.50 bits per heavy atom. The average Bonchev–Trinajstić information content (AvgIpc) is 2.56. The molecule has 1 aromatic carbocycles. The molecule has 0 bridgehead atoms. The van der Waals surface area contributed by atoms with Crippen LogP contribution in [0, 0.1) is 0 Å². The third-order valence-corrected chi connectivity index (χ3v) is 2.71. The standard InChI is InChI=1S/C11H14ClN3O/c1-16-6-2-5-15-10-7-8(12)3-4-9(10)14-11(15)13/h3-4,7H,2,5-6H2,1H3,(H2,13,14). The molecular weight excluding hydrogens is 226 g/mol. The van der Waals surface area contributed by atoms with Gasteiger partial charge in [0.25, 0.3) is 0 Å². The van der Waals surface area contributed by atoms with Crippen LogP contribution in [0.25, 0.3) is 11.0 Å². The van der Waals surface area contributed by atoms with Gasteiger partial charge in [0.15, 0.2) is 0 Å². The summed E-state index contributed by atoms with van der Waals surface area (Å²) in [5, 5.41) is 0.695. The Hall–Kier alpha value is -1.26. The number of hydrogen-bond acceptors (Lipinski definition) is 3. The molecule has 2 aromatic rings. The topological polar surface area (TPSA) is 53.1 Å². The quantitative estimate of drug-likeness (QED) is 0.833. The summed E-state index contributed by atoms with van der Waals surface area (Å²) < 4.78 is 6.97. The molecule has 0 atom stereocenters. The van der Waals surface area contributed by atoms with E-state index < -0.39 is 0 Å². The molecular formula is C11H14ClN3O. The number of nitrogen functional groups attached to an aromatic ring is 1. The van der Waals surface area contributed by atoms with E-state index in [1.54, 1.807) is 7.11 Å². The Balaban J connectivity index is 2.34. The molecule has 0 saturated carbocycles. The Morgan fingerprint density at radius 2 is 2.31 bits per heavy atom. The van der Waals surface area contributed by atoms with Gasteiger partial charge in [0.1, 0.15) is 0 Å². The van der Waals surface area contributed by atoms with Gasteiger partial charge in [-0.3, -0.25) is 0 Å². The van der Waals surface area contributed by atoms with Crippen LogP contribution in [0.2, 0.25) is 5.02 Å². The predicted octanol–water partition coefficient (Wildman–Crippen LogP) is 2.31. The molecule has 16 heavy (non-hydrogen) atoms. The van der Waals surface area contributed by atoms with Crippen molar-refractivity contribution in [3.8, 4) is 0 Å². The minimum atomic E-state index is 0.522. The molecule has 4 nitrogen and oxygen atoms in total. The van der Waals surface area contributed by atoms with Crippen molar-refractivity contribution in [3.63, 3.8) is 0 Å². The SMILES string of the molecule is COCCCn1c(N)nc2ccc(Cl)cc21. The van der Waals surface area contributed by atoms with Crippen LogP contribution >= 0.6 is 11.6 Å². The molecule has 1 heterocycles. The number of methoxy groups -OCH3 is 1. The molecule has 86 valence electrons. The number of hydrogen-bond donors (Lipinski definition) is 1. The lowest BCUT2D eigenvalue weighted by Gasteiger charge is -2.05. The smallest absolute Gasteiger partial charge is 0.201 e. The predicted molar refractivity (Wildman–Crippen MR) is 65.6 cm³/mol. The fourth-order valence-electron chi connectivity index (χ4n) is 1.72. The lowest BCUT2D eigenvalue weighted by Crippen LogP contribution is -2.05. The third kappa shape index (κ3) is 2.13. The van der Waals surface area contributed by atoms with Crippen LogP contribution in [0.15, 0.2) is 18.2 Å². The first-order chi connectivity index (χ1) is 7.72. The second-order valence-corrected chi connectivity index (χ2v) is 4.04. The van der Waals surface area contributed by atoms with Crippen LogP contribution in [-0.4, -0.2) is 23.3 Å². The van der Waals surface area contributed by atoms with Crippen LogP contribution in [-0.2, 0) is 11.3 Å². The largest absolute Gasteiger partial charge is 0.385 e. The molecule has 0 aliphatic carbocycles. The van der Waals surface area contributed by atoms with E-state index in [1.165, 1.54) is 0 Å². The van der Waals surface area contributed by atoms with E-state index in [0.717, 1.165) is 24.0 Å². The van der Waals surface area contributed by atoms with E-state index in [-0.39, 0.29) is 0 Å². The first-order valence-corrected chi connectivity index (χ1v) is 5.50. The molecule has 0 unspecified atom stereocenters. The summed E-state index contributed by atoms with van der Waals surface area (Å²) >= 11 is 5.95. The maximum atomic E-state index is 5.95. The molecule has 0 radical (unpaired) electrons. The zero-order valence-electron chi connectivity index (χ0n) is 9.11. The summed E-state index contributed by atoms with van der Waals surface area (Å²) in [4.78, 5) is 4.27. The number of imidazole rings is 1. The van der Waals surface area contributed by atoms with Crippen LogP contribution in [0.1, 0.15) is 6.42 Å². The zero-order valence-corrected chi connectivity index (χ0v) is 9.87. The van der Waals surface area contributed by atoms with Crippen molar-refractivity contribution >= 4 is 28.6 Å². The first kappa shape index (κ1) is 11.2. The number of ether oxygens (including phenoxy) is 1. The number of nitrogens with two attached hydrogens (primary N) is 1. The van der Waals surface area contributed by atoms with Crippen LogP contribution in [0.4, 0.5) is 5.95 Å². The van der Waals surface area contributed by atoms with Crippen molar-refractivity contribution < 1.29 is 4.74 Å². The van der Waals surface area contributed by atoms with Gasteiger partial charge in [0.2, 0.25) is 5.95 Å². The van der Waals surface area contributed by atoms with Crippen molar-refractivity contribution in [3.05, 3.63) is 23.2 Å². The van der Waals surface area contributed by atoms with Crippen LogP contribution in [0.3, 0.4) is 0 Å². The van der Waals surface area contributed by atoms with Gasteiger partial charge in [-0.15, -0.1) is 0 Å². The van der Waals surface area contributed by atoms with Crippen molar-refractivity contribution in [2.75, 3.05) is 19.5 Å². The van der Waals surface area contributed by atoms with Crippen molar-refractivity contribution in [2.45, 2.75) is 13.0 Å². The Kier molecular flexibility index (Phi) is 3.31.